The molecule has 2 rings (SSSR count). The predicted molar refractivity (Wildman–Crippen MR) is 82.4 cm³/mol. The number of thiazole rings is 1. The van der Waals surface area contributed by atoms with E-state index in [-0.39, 0.29) is 5.91 Å². The first-order chi connectivity index (χ1) is 9.67. The van der Waals surface area contributed by atoms with Crippen molar-refractivity contribution >= 4 is 29.0 Å². The Morgan fingerprint density at radius 1 is 1.40 bits per heavy atom. The number of ether oxygens (including phenoxy) is 1. The van der Waals surface area contributed by atoms with Crippen molar-refractivity contribution in [2.45, 2.75) is 18.4 Å². The van der Waals surface area contributed by atoms with E-state index in [4.69, 9.17) is 4.74 Å². The van der Waals surface area contributed by atoms with Crippen LogP contribution in [0, 0.1) is 6.92 Å². The van der Waals surface area contributed by atoms with E-state index in [1.165, 1.54) is 11.8 Å². The summed E-state index contributed by atoms with van der Waals surface area (Å²) in [7, 11) is 1.64. The molecule has 0 bridgehead atoms. The number of methoxy groups -OCH3 is 1. The third-order valence-electron chi connectivity index (χ3n) is 2.56. The van der Waals surface area contributed by atoms with Crippen LogP contribution in [0.2, 0.25) is 0 Å². The summed E-state index contributed by atoms with van der Waals surface area (Å²) >= 11 is 3.11. The Morgan fingerprint density at radius 2 is 2.15 bits per heavy atom. The van der Waals surface area contributed by atoms with Gasteiger partial charge in [0.2, 0.25) is 5.91 Å². The zero-order valence-corrected chi connectivity index (χ0v) is 13.0. The molecule has 4 nitrogen and oxygen atoms in total. The Balaban J connectivity index is 1.74. The van der Waals surface area contributed by atoms with Gasteiger partial charge >= 0.3 is 0 Å². The van der Waals surface area contributed by atoms with E-state index in [0.717, 1.165) is 20.5 Å². The molecule has 0 atom stereocenters. The van der Waals surface area contributed by atoms with Crippen LogP contribution in [-0.2, 0) is 11.3 Å². The average molecular weight is 308 g/mol. The fourth-order valence-electron chi connectivity index (χ4n) is 1.54. The molecule has 1 N–H and O–H groups in total. The number of carbonyl (C=O) groups excluding carboxylic acids is 1. The largest absolute Gasteiger partial charge is 0.497 e. The first-order valence-corrected chi connectivity index (χ1v) is 7.92. The van der Waals surface area contributed by atoms with Gasteiger partial charge in [-0.25, -0.2) is 4.98 Å². The highest BCUT2D eigenvalue weighted by atomic mass is 32.2. The number of rotatable bonds is 6. The maximum atomic E-state index is 11.7. The molecule has 1 amide bonds. The van der Waals surface area contributed by atoms with E-state index in [0.29, 0.717) is 12.3 Å². The molecular formula is C14H16N2O2S2. The van der Waals surface area contributed by atoms with Crippen LogP contribution in [0.25, 0.3) is 0 Å². The van der Waals surface area contributed by atoms with Crippen LogP contribution in [0.1, 0.15) is 9.88 Å². The molecule has 6 heteroatoms. The Bertz CT molecular complexity index is 567. The van der Waals surface area contributed by atoms with Crippen LogP contribution >= 0.6 is 23.1 Å². The van der Waals surface area contributed by atoms with Gasteiger partial charge in [-0.05, 0) is 31.2 Å². The lowest BCUT2D eigenvalue weighted by Crippen LogP contribution is -2.24. The van der Waals surface area contributed by atoms with Gasteiger partial charge in [-0.15, -0.1) is 23.1 Å². The number of amides is 1. The molecule has 0 radical (unpaired) electrons. The van der Waals surface area contributed by atoms with Gasteiger partial charge in [0.1, 0.15) is 5.75 Å². The second-order valence-electron chi connectivity index (χ2n) is 4.09. The second kappa shape index (κ2) is 7.31. The molecule has 20 heavy (non-hydrogen) atoms. The molecule has 0 fully saturated rings. The summed E-state index contributed by atoms with van der Waals surface area (Å²) in [6.45, 7) is 2.50. The maximum absolute atomic E-state index is 11.7. The van der Waals surface area contributed by atoms with Gasteiger partial charge in [-0.2, -0.15) is 0 Å². The van der Waals surface area contributed by atoms with Gasteiger partial charge < -0.3 is 10.1 Å². The quantitative estimate of drug-likeness (QED) is 0.834. The van der Waals surface area contributed by atoms with Crippen molar-refractivity contribution in [3.05, 3.63) is 40.3 Å². The van der Waals surface area contributed by atoms with Crippen LogP contribution in [0.15, 0.2) is 35.4 Å². The van der Waals surface area contributed by atoms with Crippen molar-refractivity contribution in [2.75, 3.05) is 12.9 Å². The van der Waals surface area contributed by atoms with Crippen molar-refractivity contribution in [1.82, 2.24) is 10.3 Å². The topological polar surface area (TPSA) is 51.2 Å². The van der Waals surface area contributed by atoms with E-state index in [9.17, 15) is 4.79 Å². The SMILES string of the molecule is COc1ccc(SCC(=O)NCc2cnc(C)s2)cc1. The van der Waals surface area contributed by atoms with Crippen molar-refractivity contribution < 1.29 is 9.53 Å². The summed E-state index contributed by atoms with van der Waals surface area (Å²) in [5.41, 5.74) is 0. The normalized spacial score (nSPS) is 10.3. The molecule has 0 unspecified atom stereocenters. The van der Waals surface area contributed by atoms with Gasteiger partial charge in [0.05, 0.1) is 24.4 Å². The predicted octanol–water partition coefficient (Wildman–Crippen LogP) is 2.87. The minimum absolute atomic E-state index is 0.0249. The van der Waals surface area contributed by atoms with E-state index >= 15 is 0 Å². The zero-order valence-electron chi connectivity index (χ0n) is 11.4. The van der Waals surface area contributed by atoms with Crippen LogP contribution in [-0.4, -0.2) is 23.8 Å². The number of aryl methyl sites for hydroxylation is 1. The fourth-order valence-corrected chi connectivity index (χ4v) is 3.01. The molecule has 0 saturated heterocycles. The number of hydrogen-bond acceptors (Lipinski definition) is 5. The Kier molecular flexibility index (Phi) is 5.43. The number of nitrogens with zero attached hydrogens (tertiary/aromatic N) is 1. The highest BCUT2D eigenvalue weighted by Gasteiger charge is 2.04. The number of thioether (sulfide) groups is 1. The Hall–Kier alpha value is -1.53. The maximum Gasteiger partial charge on any atom is 0.230 e. The van der Waals surface area contributed by atoms with E-state index in [1.54, 1.807) is 24.6 Å². The van der Waals surface area contributed by atoms with Crippen molar-refractivity contribution in [1.29, 1.82) is 0 Å². The van der Waals surface area contributed by atoms with Gasteiger partial charge in [-0.3, -0.25) is 4.79 Å². The lowest BCUT2D eigenvalue weighted by Gasteiger charge is -2.04. The molecule has 0 spiro atoms. The minimum atomic E-state index is 0.0249. The van der Waals surface area contributed by atoms with Crippen LogP contribution in [0.5, 0.6) is 5.75 Å². The number of carbonyl (C=O) groups is 1. The third kappa shape index (κ3) is 4.54. The van der Waals surface area contributed by atoms with Crippen molar-refractivity contribution in [3.63, 3.8) is 0 Å². The number of nitrogens with one attached hydrogen (secondary N) is 1. The lowest BCUT2D eigenvalue weighted by atomic mass is 10.3. The number of aromatic nitrogens is 1. The van der Waals surface area contributed by atoms with E-state index < -0.39 is 0 Å². The summed E-state index contributed by atoms with van der Waals surface area (Å²) in [5.74, 6) is 1.25. The van der Waals surface area contributed by atoms with Gasteiger partial charge in [0.15, 0.2) is 0 Å². The van der Waals surface area contributed by atoms with Crippen molar-refractivity contribution in [3.8, 4) is 5.75 Å². The molecule has 1 aromatic heterocycles. The molecule has 0 aliphatic heterocycles. The van der Waals surface area contributed by atoms with Crippen LogP contribution in [0.3, 0.4) is 0 Å². The molecule has 106 valence electrons. The summed E-state index contributed by atoms with van der Waals surface area (Å²) in [6.07, 6.45) is 1.80. The van der Waals surface area contributed by atoms with Crippen molar-refractivity contribution in [2.24, 2.45) is 0 Å². The highest BCUT2D eigenvalue weighted by Crippen LogP contribution is 2.21. The molecule has 0 aliphatic rings. The highest BCUT2D eigenvalue weighted by molar-refractivity contribution is 8.00. The lowest BCUT2D eigenvalue weighted by molar-refractivity contribution is -0.118. The Labute approximate surface area is 126 Å². The average Bonchev–Trinajstić information content (AvgIpc) is 2.89. The van der Waals surface area contributed by atoms with Gasteiger partial charge in [-0.1, -0.05) is 0 Å². The number of hydrogen-bond donors (Lipinski definition) is 1. The molecule has 1 heterocycles. The molecule has 0 aliphatic carbocycles. The van der Waals surface area contributed by atoms with Gasteiger partial charge in [0.25, 0.3) is 0 Å². The first kappa shape index (κ1) is 14.9. The molecular weight excluding hydrogens is 292 g/mol. The fraction of sp³-hybridized carbons (Fsp3) is 0.286. The monoisotopic (exact) mass is 308 g/mol. The molecule has 1 aromatic carbocycles. The number of benzene rings is 1. The second-order valence-corrected chi connectivity index (χ2v) is 6.45. The first-order valence-electron chi connectivity index (χ1n) is 6.12. The smallest absolute Gasteiger partial charge is 0.230 e. The molecule has 0 saturated carbocycles. The van der Waals surface area contributed by atoms with Gasteiger partial charge in [0, 0.05) is 16.0 Å². The summed E-state index contributed by atoms with van der Waals surface area (Å²) < 4.78 is 5.09. The zero-order chi connectivity index (χ0) is 14.4. The standard InChI is InChI=1S/C14H16N2O2S2/c1-10-15-7-13(20-10)8-16-14(17)9-19-12-5-3-11(18-2)4-6-12/h3-7H,8-9H2,1-2H3,(H,16,17). The summed E-state index contributed by atoms with van der Waals surface area (Å²) in [5, 5.41) is 3.91. The Morgan fingerprint density at radius 3 is 2.75 bits per heavy atom. The minimum Gasteiger partial charge on any atom is -0.497 e. The van der Waals surface area contributed by atoms with E-state index in [1.807, 2.05) is 31.2 Å². The van der Waals surface area contributed by atoms with E-state index in [2.05, 4.69) is 10.3 Å². The van der Waals surface area contributed by atoms with Crippen LogP contribution < -0.4 is 10.1 Å². The molecule has 2 aromatic rings. The summed E-state index contributed by atoms with van der Waals surface area (Å²) in [4.78, 5) is 18.0. The summed E-state index contributed by atoms with van der Waals surface area (Å²) in [6, 6.07) is 7.67. The third-order valence-corrected chi connectivity index (χ3v) is 4.48. The van der Waals surface area contributed by atoms with Crippen LogP contribution in [0.4, 0.5) is 0 Å².